The second-order valence-electron chi connectivity index (χ2n) is 2.52. The summed E-state index contributed by atoms with van der Waals surface area (Å²) in [5, 5.41) is 9.20. The van der Waals surface area contributed by atoms with Gasteiger partial charge < -0.3 is 15.6 Å². The molecule has 0 bridgehead atoms. The number of hydrogen-bond donors (Lipinski definition) is 2. The predicted molar refractivity (Wildman–Crippen MR) is 34.0 cm³/mol. The molecule has 0 aromatic heterocycles. The third-order valence-electron chi connectivity index (χ3n) is 1.75. The molecule has 3 heteroatoms. The molecule has 3 N–H and O–H groups in total. The van der Waals surface area contributed by atoms with Crippen molar-refractivity contribution in [1.82, 2.24) is 0 Å². The summed E-state index contributed by atoms with van der Waals surface area (Å²) in [6.45, 7) is 2.52. The summed E-state index contributed by atoms with van der Waals surface area (Å²) in [4.78, 5) is 0. The Morgan fingerprint density at radius 2 is 2.33 bits per heavy atom. The summed E-state index contributed by atoms with van der Waals surface area (Å²) in [5.41, 5.74) is 5.54. The SMILES string of the molecule is C[C@@H]1OCC[C@H](N)[C@@H]1O. The van der Waals surface area contributed by atoms with Gasteiger partial charge in [-0.25, -0.2) is 0 Å². The first-order valence-corrected chi connectivity index (χ1v) is 3.27. The maximum atomic E-state index is 9.20. The highest BCUT2D eigenvalue weighted by molar-refractivity contribution is 4.80. The Balaban J connectivity index is 2.41. The maximum Gasteiger partial charge on any atom is 0.0950 e. The fraction of sp³-hybridized carbons (Fsp3) is 1.00. The minimum atomic E-state index is -0.473. The average Bonchev–Trinajstić information content (AvgIpc) is 1.83. The summed E-state index contributed by atoms with van der Waals surface area (Å²) in [7, 11) is 0. The van der Waals surface area contributed by atoms with Crippen molar-refractivity contribution in [2.75, 3.05) is 6.61 Å². The Labute approximate surface area is 54.8 Å². The zero-order valence-electron chi connectivity index (χ0n) is 5.58. The average molecular weight is 131 g/mol. The summed E-state index contributed by atoms with van der Waals surface area (Å²) in [6, 6.07) is -0.0891. The predicted octanol–water partition coefficient (Wildman–Crippen LogP) is -0.517. The van der Waals surface area contributed by atoms with Gasteiger partial charge in [0.1, 0.15) is 0 Å². The van der Waals surface area contributed by atoms with Gasteiger partial charge in [-0.05, 0) is 13.3 Å². The molecule has 1 saturated heterocycles. The van der Waals surface area contributed by atoms with Crippen LogP contribution in [0.25, 0.3) is 0 Å². The van der Waals surface area contributed by atoms with E-state index in [0.29, 0.717) is 6.61 Å². The van der Waals surface area contributed by atoms with Crippen LogP contribution in [0.1, 0.15) is 13.3 Å². The van der Waals surface area contributed by atoms with Gasteiger partial charge in [0.2, 0.25) is 0 Å². The van der Waals surface area contributed by atoms with Crippen molar-refractivity contribution in [3.05, 3.63) is 0 Å². The fourth-order valence-electron chi connectivity index (χ4n) is 1.01. The third-order valence-corrected chi connectivity index (χ3v) is 1.75. The van der Waals surface area contributed by atoms with E-state index in [1.807, 2.05) is 6.92 Å². The molecule has 0 unspecified atom stereocenters. The van der Waals surface area contributed by atoms with Crippen LogP contribution in [0.3, 0.4) is 0 Å². The molecule has 1 fully saturated rings. The van der Waals surface area contributed by atoms with Gasteiger partial charge in [0.05, 0.1) is 12.2 Å². The van der Waals surface area contributed by atoms with Gasteiger partial charge in [0.15, 0.2) is 0 Å². The van der Waals surface area contributed by atoms with E-state index >= 15 is 0 Å². The van der Waals surface area contributed by atoms with Crippen LogP contribution in [-0.4, -0.2) is 30.0 Å². The van der Waals surface area contributed by atoms with Crippen molar-refractivity contribution in [1.29, 1.82) is 0 Å². The van der Waals surface area contributed by atoms with Crippen molar-refractivity contribution < 1.29 is 9.84 Å². The van der Waals surface area contributed by atoms with Crippen molar-refractivity contribution >= 4 is 0 Å². The maximum absolute atomic E-state index is 9.20. The first-order valence-electron chi connectivity index (χ1n) is 3.27. The van der Waals surface area contributed by atoms with Crippen LogP contribution in [0.5, 0.6) is 0 Å². The first-order chi connectivity index (χ1) is 4.22. The van der Waals surface area contributed by atoms with Crippen LogP contribution in [0, 0.1) is 0 Å². The Bertz CT molecular complexity index is 87.1. The molecule has 9 heavy (non-hydrogen) atoms. The van der Waals surface area contributed by atoms with E-state index in [-0.39, 0.29) is 12.1 Å². The normalized spacial score (nSPS) is 45.0. The Kier molecular flexibility index (Phi) is 2.05. The van der Waals surface area contributed by atoms with E-state index in [1.54, 1.807) is 0 Å². The number of nitrogens with two attached hydrogens (primary N) is 1. The van der Waals surface area contributed by atoms with Gasteiger partial charge in [-0.2, -0.15) is 0 Å². The monoisotopic (exact) mass is 131 g/mol. The largest absolute Gasteiger partial charge is 0.389 e. The summed E-state index contributed by atoms with van der Waals surface area (Å²) >= 11 is 0. The number of aliphatic hydroxyl groups is 1. The molecule has 0 aliphatic carbocycles. The van der Waals surface area contributed by atoms with Gasteiger partial charge in [0, 0.05) is 12.6 Å². The van der Waals surface area contributed by atoms with Crippen LogP contribution in [0.15, 0.2) is 0 Å². The van der Waals surface area contributed by atoms with Crippen LogP contribution >= 0.6 is 0 Å². The molecular formula is C6H13NO2. The Morgan fingerprint density at radius 1 is 1.67 bits per heavy atom. The van der Waals surface area contributed by atoms with Crippen molar-refractivity contribution in [2.45, 2.75) is 31.6 Å². The van der Waals surface area contributed by atoms with Crippen LogP contribution < -0.4 is 5.73 Å². The Morgan fingerprint density at radius 3 is 2.78 bits per heavy atom. The highest BCUT2D eigenvalue weighted by atomic mass is 16.5. The highest BCUT2D eigenvalue weighted by Crippen LogP contribution is 2.11. The molecule has 1 rings (SSSR count). The lowest BCUT2D eigenvalue weighted by molar-refractivity contribution is -0.0739. The van der Waals surface area contributed by atoms with Crippen LogP contribution in [0.2, 0.25) is 0 Å². The van der Waals surface area contributed by atoms with Gasteiger partial charge in [-0.3, -0.25) is 0 Å². The molecule has 0 aromatic carbocycles. The molecule has 0 radical (unpaired) electrons. The third kappa shape index (κ3) is 1.41. The zero-order valence-corrected chi connectivity index (χ0v) is 5.58. The summed E-state index contributed by atoms with van der Waals surface area (Å²) in [5.74, 6) is 0. The fourth-order valence-corrected chi connectivity index (χ4v) is 1.01. The molecule has 1 aliphatic heterocycles. The zero-order chi connectivity index (χ0) is 6.85. The minimum Gasteiger partial charge on any atom is -0.389 e. The van der Waals surface area contributed by atoms with Crippen LogP contribution in [-0.2, 0) is 4.74 Å². The van der Waals surface area contributed by atoms with Crippen LogP contribution in [0.4, 0.5) is 0 Å². The second kappa shape index (κ2) is 2.64. The molecule has 0 spiro atoms. The molecule has 3 nitrogen and oxygen atoms in total. The van der Waals surface area contributed by atoms with E-state index in [0.717, 1.165) is 6.42 Å². The van der Waals surface area contributed by atoms with Gasteiger partial charge in [-0.15, -0.1) is 0 Å². The van der Waals surface area contributed by atoms with Crippen molar-refractivity contribution in [3.63, 3.8) is 0 Å². The topological polar surface area (TPSA) is 55.5 Å². The number of hydrogen-bond acceptors (Lipinski definition) is 3. The van der Waals surface area contributed by atoms with E-state index in [1.165, 1.54) is 0 Å². The number of rotatable bonds is 0. The Hall–Kier alpha value is -0.120. The highest BCUT2D eigenvalue weighted by Gasteiger charge is 2.26. The quantitative estimate of drug-likeness (QED) is 0.465. The van der Waals surface area contributed by atoms with E-state index in [2.05, 4.69) is 0 Å². The van der Waals surface area contributed by atoms with Gasteiger partial charge >= 0.3 is 0 Å². The summed E-state index contributed by atoms with van der Waals surface area (Å²) < 4.78 is 5.13. The van der Waals surface area contributed by atoms with Crippen molar-refractivity contribution in [3.8, 4) is 0 Å². The van der Waals surface area contributed by atoms with E-state index < -0.39 is 6.10 Å². The first kappa shape index (κ1) is 6.99. The number of ether oxygens (including phenoxy) is 1. The molecule has 54 valence electrons. The van der Waals surface area contributed by atoms with Crippen molar-refractivity contribution in [2.24, 2.45) is 5.73 Å². The second-order valence-corrected chi connectivity index (χ2v) is 2.52. The lowest BCUT2D eigenvalue weighted by Crippen LogP contribution is -2.47. The molecule has 3 atom stereocenters. The molecule has 0 saturated carbocycles. The molecular weight excluding hydrogens is 118 g/mol. The molecule has 1 heterocycles. The van der Waals surface area contributed by atoms with Gasteiger partial charge in [0.25, 0.3) is 0 Å². The smallest absolute Gasteiger partial charge is 0.0950 e. The minimum absolute atomic E-state index is 0.0891. The standard InChI is InChI=1S/C6H13NO2/c1-4-6(8)5(7)2-3-9-4/h4-6,8H,2-3,7H2,1H3/t4-,5-,6+/m0/s1. The van der Waals surface area contributed by atoms with E-state index in [4.69, 9.17) is 10.5 Å². The molecule has 0 aromatic rings. The molecule has 1 aliphatic rings. The van der Waals surface area contributed by atoms with E-state index in [9.17, 15) is 5.11 Å². The lowest BCUT2D eigenvalue weighted by atomic mass is 10.0. The number of aliphatic hydroxyl groups excluding tert-OH is 1. The molecule has 0 amide bonds. The summed E-state index contributed by atoms with van der Waals surface area (Å²) in [6.07, 6.45) is 0.207. The van der Waals surface area contributed by atoms with Gasteiger partial charge in [-0.1, -0.05) is 0 Å². The lowest BCUT2D eigenvalue weighted by Gasteiger charge is -2.30.